The largest absolute Gasteiger partial charge is 0.302 e. The third kappa shape index (κ3) is 4.12. The average Bonchev–Trinajstić information content (AvgIpc) is 3.28. The van der Waals surface area contributed by atoms with E-state index < -0.39 is 0 Å². The average molecular weight is 533 g/mol. The van der Waals surface area contributed by atoms with Crippen LogP contribution in [0.3, 0.4) is 0 Å². The maximum absolute atomic E-state index is 13.6. The Bertz CT molecular complexity index is 1340. The molecule has 1 aromatic heterocycles. The molecule has 34 heavy (non-hydrogen) atoms. The first-order chi connectivity index (χ1) is 16.3. The summed E-state index contributed by atoms with van der Waals surface area (Å²) < 4.78 is 0.896. The number of carbonyl (C=O) groups is 1. The van der Waals surface area contributed by atoms with Gasteiger partial charge in [0.25, 0.3) is 5.91 Å². The Morgan fingerprint density at radius 3 is 2.68 bits per heavy atom. The number of hydrogen-bond acceptors (Lipinski definition) is 4. The fraction of sp³-hybridized carbons (Fsp3) is 0.321. The molecule has 0 fully saturated rings. The van der Waals surface area contributed by atoms with Crippen molar-refractivity contribution < 1.29 is 4.79 Å². The molecule has 172 valence electrons. The molecule has 3 aromatic rings. The van der Waals surface area contributed by atoms with Crippen LogP contribution in [0, 0.1) is 22.7 Å². The van der Waals surface area contributed by atoms with Gasteiger partial charge in [-0.15, -0.1) is 11.3 Å². The third-order valence-electron chi connectivity index (χ3n) is 6.93. The van der Waals surface area contributed by atoms with Gasteiger partial charge in [0.05, 0.1) is 17.8 Å². The predicted octanol–water partition coefficient (Wildman–Crippen LogP) is 7.20. The van der Waals surface area contributed by atoms with Crippen LogP contribution in [0.4, 0.5) is 10.7 Å². The van der Waals surface area contributed by atoms with E-state index in [1.165, 1.54) is 4.88 Å². The molecule has 2 aliphatic rings. The van der Waals surface area contributed by atoms with E-state index in [1.807, 2.05) is 48.5 Å². The van der Waals surface area contributed by atoms with Gasteiger partial charge in [-0.05, 0) is 59.9 Å². The van der Waals surface area contributed by atoms with E-state index in [4.69, 9.17) is 4.99 Å². The molecule has 2 aromatic carbocycles. The normalized spacial score (nSPS) is 18.7. The van der Waals surface area contributed by atoms with E-state index in [1.54, 1.807) is 16.2 Å². The molecule has 1 aliphatic heterocycles. The highest BCUT2D eigenvalue weighted by atomic mass is 79.9. The van der Waals surface area contributed by atoms with Crippen LogP contribution in [0.5, 0.6) is 0 Å². The number of anilines is 1. The molecule has 0 radical (unpaired) electrons. The summed E-state index contributed by atoms with van der Waals surface area (Å²) in [6, 6.07) is 18.2. The number of fused-ring (bicyclic) bond motifs is 2. The minimum Gasteiger partial charge on any atom is -0.302 e. The lowest BCUT2D eigenvalue weighted by Gasteiger charge is -2.33. The van der Waals surface area contributed by atoms with Gasteiger partial charge < -0.3 is 4.90 Å². The maximum atomic E-state index is 13.6. The fourth-order valence-electron chi connectivity index (χ4n) is 4.92. The Hall–Kier alpha value is -2.75. The molecule has 1 aliphatic carbocycles. The summed E-state index contributed by atoms with van der Waals surface area (Å²) >= 11 is 5.14. The van der Waals surface area contributed by atoms with E-state index in [0.29, 0.717) is 28.7 Å². The zero-order chi connectivity index (χ0) is 24.0. The molecule has 5 rings (SSSR count). The van der Waals surface area contributed by atoms with Crippen LogP contribution >= 0.6 is 27.3 Å². The van der Waals surface area contributed by atoms with Crippen LogP contribution in [0.15, 0.2) is 58.0 Å². The Labute approximate surface area is 213 Å². The SMILES string of the molecule is CC(C)(C)[C@@H]1CCc2c(sc(N=C3C(=O)N(Cc4ccccc4)c4ccc(Br)cc43)c2C#N)C1. The number of carbonyl (C=O) groups excluding carboxylic acids is 1. The lowest BCUT2D eigenvalue weighted by atomic mass is 9.72. The smallest absolute Gasteiger partial charge is 0.277 e. The van der Waals surface area contributed by atoms with E-state index in [9.17, 15) is 10.1 Å². The van der Waals surface area contributed by atoms with Crippen molar-refractivity contribution in [1.82, 2.24) is 0 Å². The molecule has 0 unspecified atom stereocenters. The predicted molar refractivity (Wildman–Crippen MR) is 142 cm³/mol. The topological polar surface area (TPSA) is 56.5 Å². The van der Waals surface area contributed by atoms with E-state index >= 15 is 0 Å². The van der Waals surface area contributed by atoms with Crippen LogP contribution in [-0.4, -0.2) is 11.6 Å². The highest BCUT2D eigenvalue weighted by Gasteiger charge is 2.36. The fourth-order valence-corrected chi connectivity index (χ4v) is 6.54. The molecular weight excluding hydrogens is 506 g/mol. The van der Waals surface area contributed by atoms with Crippen LogP contribution in [-0.2, 0) is 24.2 Å². The van der Waals surface area contributed by atoms with Crippen LogP contribution in [0.1, 0.15) is 54.3 Å². The highest BCUT2D eigenvalue weighted by molar-refractivity contribution is 9.10. The number of nitriles is 1. The second kappa shape index (κ2) is 8.79. The molecule has 1 atom stereocenters. The molecule has 0 N–H and O–H groups in total. The summed E-state index contributed by atoms with van der Waals surface area (Å²) in [5.41, 5.74) is 5.13. The van der Waals surface area contributed by atoms with Crippen molar-refractivity contribution in [3.8, 4) is 6.07 Å². The number of rotatable bonds is 3. The zero-order valence-electron chi connectivity index (χ0n) is 19.6. The van der Waals surface area contributed by atoms with Gasteiger partial charge in [-0.3, -0.25) is 4.79 Å². The number of amides is 1. The Morgan fingerprint density at radius 1 is 1.21 bits per heavy atom. The molecule has 1 amide bonds. The van der Waals surface area contributed by atoms with Crippen LogP contribution in [0.2, 0.25) is 0 Å². The summed E-state index contributed by atoms with van der Waals surface area (Å²) in [5, 5.41) is 10.7. The minimum atomic E-state index is -0.125. The first-order valence-corrected chi connectivity index (χ1v) is 13.2. The summed E-state index contributed by atoms with van der Waals surface area (Å²) in [7, 11) is 0. The number of nitrogens with zero attached hydrogens (tertiary/aromatic N) is 3. The lowest BCUT2D eigenvalue weighted by molar-refractivity contribution is -0.112. The first-order valence-electron chi connectivity index (χ1n) is 11.6. The molecule has 2 heterocycles. The number of hydrogen-bond donors (Lipinski definition) is 0. The maximum Gasteiger partial charge on any atom is 0.277 e. The quantitative estimate of drug-likeness (QED) is 0.358. The van der Waals surface area contributed by atoms with Gasteiger partial charge in [-0.2, -0.15) is 5.26 Å². The number of halogens is 1. The van der Waals surface area contributed by atoms with Crippen LogP contribution < -0.4 is 4.90 Å². The summed E-state index contributed by atoms with van der Waals surface area (Å²) in [4.78, 5) is 21.5. The number of thiophene rings is 1. The van der Waals surface area contributed by atoms with Gasteiger partial charge in [-0.1, -0.05) is 67.0 Å². The van der Waals surface area contributed by atoms with E-state index in [-0.39, 0.29) is 11.3 Å². The van der Waals surface area contributed by atoms with Gasteiger partial charge in [-0.25, -0.2) is 4.99 Å². The highest BCUT2D eigenvalue weighted by Crippen LogP contribution is 2.45. The number of benzene rings is 2. The number of aliphatic imine (C=N–C) groups is 1. The standard InChI is InChI=1S/C28H26BrN3OS/c1-28(2,3)18-9-11-20-22(15-30)26(34-24(20)13-18)31-25-21-14-19(29)10-12-23(21)32(27(25)33)16-17-7-5-4-6-8-17/h4-8,10,12,14,18H,9,11,13,16H2,1-3H3/t18-/m1/s1. The van der Waals surface area contributed by atoms with Crippen molar-refractivity contribution in [2.75, 3.05) is 4.90 Å². The van der Waals surface area contributed by atoms with Gasteiger partial charge in [0, 0.05) is 14.9 Å². The summed E-state index contributed by atoms with van der Waals surface area (Å²) in [6.45, 7) is 7.34. The molecule has 4 nitrogen and oxygen atoms in total. The van der Waals surface area contributed by atoms with Crippen LogP contribution in [0.25, 0.3) is 0 Å². The minimum absolute atomic E-state index is 0.125. The van der Waals surface area contributed by atoms with Gasteiger partial charge >= 0.3 is 0 Å². The molecule has 0 saturated carbocycles. The third-order valence-corrected chi connectivity index (χ3v) is 8.57. The Kier molecular flexibility index (Phi) is 5.95. The molecule has 6 heteroatoms. The van der Waals surface area contributed by atoms with Gasteiger partial charge in [0.15, 0.2) is 0 Å². The van der Waals surface area contributed by atoms with Crippen molar-refractivity contribution in [3.63, 3.8) is 0 Å². The van der Waals surface area contributed by atoms with Gasteiger partial charge in [0.1, 0.15) is 16.8 Å². The van der Waals surface area contributed by atoms with Crippen molar-refractivity contribution in [2.24, 2.45) is 16.3 Å². The first kappa shape index (κ1) is 23.0. The Morgan fingerprint density at radius 2 is 1.97 bits per heavy atom. The lowest BCUT2D eigenvalue weighted by Crippen LogP contribution is -2.29. The molecule has 0 saturated heterocycles. The second-order valence-electron chi connectivity index (χ2n) is 10.1. The van der Waals surface area contributed by atoms with Crippen molar-refractivity contribution in [1.29, 1.82) is 5.26 Å². The molecular formula is C28H26BrN3OS. The molecule has 0 bridgehead atoms. The Balaban J connectivity index is 1.57. The molecule has 0 spiro atoms. The van der Waals surface area contributed by atoms with E-state index in [0.717, 1.165) is 46.1 Å². The van der Waals surface area contributed by atoms with Crippen molar-refractivity contribution in [2.45, 2.75) is 46.6 Å². The second-order valence-corrected chi connectivity index (χ2v) is 12.1. The van der Waals surface area contributed by atoms with E-state index in [2.05, 4.69) is 42.8 Å². The monoisotopic (exact) mass is 531 g/mol. The van der Waals surface area contributed by atoms with Crippen molar-refractivity contribution >= 4 is 49.6 Å². The summed E-state index contributed by atoms with van der Waals surface area (Å²) in [5.74, 6) is 0.455. The van der Waals surface area contributed by atoms with Gasteiger partial charge in [0.2, 0.25) is 0 Å². The zero-order valence-corrected chi connectivity index (χ0v) is 22.0. The summed E-state index contributed by atoms with van der Waals surface area (Å²) in [6.07, 6.45) is 2.95. The van der Waals surface area contributed by atoms with Crippen molar-refractivity contribution in [3.05, 3.63) is 80.1 Å².